The summed E-state index contributed by atoms with van der Waals surface area (Å²) in [6.07, 6.45) is 3.30. The van der Waals surface area contributed by atoms with Crippen LogP contribution in [-0.2, 0) is 4.79 Å². The van der Waals surface area contributed by atoms with Gasteiger partial charge in [0, 0.05) is 30.1 Å². The second-order valence-electron chi connectivity index (χ2n) is 9.45. The van der Waals surface area contributed by atoms with Crippen LogP contribution in [0, 0.1) is 23.7 Å². The predicted molar refractivity (Wildman–Crippen MR) is 146 cm³/mol. The Hall–Kier alpha value is -2.82. The van der Waals surface area contributed by atoms with Crippen molar-refractivity contribution < 1.29 is 19.7 Å². The van der Waals surface area contributed by atoms with Crippen LogP contribution in [0.5, 0.6) is 5.75 Å². The van der Waals surface area contributed by atoms with E-state index in [0.717, 1.165) is 41.4 Å². The minimum absolute atomic E-state index is 0.000459. The third-order valence-corrected chi connectivity index (χ3v) is 7.76. The quantitative estimate of drug-likeness (QED) is 0.350. The molecule has 194 valence electrons. The van der Waals surface area contributed by atoms with Gasteiger partial charge in [-0.05, 0) is 85.7 Å². The molecule has 1 saturated heterocycles. The molecule has 0 unspecified atom stereocenters. The molecule has 2 N–H and O–H groups in total. The number of pyridine rings is 1. The van der Waals surface area contributed by atoms with E-state index in [0.29, 0.717) is 35.3 Å². The lowest BCUT2D eigenvalue weighted by atomic mass is 9.79. The maximum atomic E-state index is 11.6. The van der Waals surface area contributed by atoms with Crippen molar-refractivity contribution in [3.8, 4) is 17.6 Å². The molecule has 4 rings (SSSR count). The number of carboxylic acids is 1. The molecule has 1 aliphatic heterocycles. The topological polar surface area (TPSA) is 82.9 Å². The molecular formula is C29H30Cl2N2O4. The summed E-state index contributed by atoms with van der Waals surface area (Å²) in [5.41, 5.74) is 2.41. The van der Waals surface area contributed by atoms with Crippen molar-refractivity contribution in [3.05, 3.63) is 69.8 Å². The Kier molecular flexibility index (Phi) is 9.28. The number of methoxy groups -OCH3 is 1. The average Bonchev–Trinajstić information content (AvgIpc) is 2.89. The SMILES string of the molecule is COc1ccc2nccc([C@H](O)CC[C@@H]3CCN(CC#Cc4ccc(Cl)c(Cl)c4)C[C@@H]3CC(=O)O)c2c1. The lowest BCUT2D eigenvalue weighted by Crippen LogP contribution is -2.41. The van der Waals surface area contributed by atoms with E-state index in [-0.39, 0.29) is 18.3 Å². The summed E-state index contributed by atoms with van der Waals surface area (Å²) in [6.45, 7) is 2.05. The summed E-state index contributed by atoms with van der Waals surface area (Å²) in [4.78, 5) is 18.2. The smallest absolute Gasteiger partial charge is 0.303 e. The first-order valence-corrected chi connectivity index (χ1v) is 13.1. The van der Waals surface area contributed by atoms with Crippen LogP contribution >= 0.6 is 23.2 Å². The molecule has 2 heterocycles. The molecular weight excluding hydrogens is 511 g/mol. The number of aliphatic hydroxyl groups is 1. The number of halogens is 2. The highest BCUT2D eigenvalue weighted by atomic mass is 35.5. The van der Waals surface area contributed by atoms with Crippen LogP contribution in [0.15, 0.2) is 48.7 Å². The number of hydrogen-bond acceptors (Lipinski definition) is 5. The summed E-state index contributed by atoms with van der Waals surface area (Å²) < 4.78 is 5.35. The molecule has 2 aromatic carbocycles. The highest BCUT2D eigenvalue weighted by Crippen LogP contribution is 2.34. The largest absolute Gasteiger partial charge is 0.497 e. The van der Waals surface area contributed by atoms with Crippen molar-refractivity contribution in [2.75, 3.05) is 26.7 Å². The number of carbonyl (C=O) groups is 1. The van der Waals surface area contributed by atoms with E-state index in [1.54, 1.807) is 25.4 Å². The van der Waals surface area contributed by atoms with Crippen molar-refractivity contribution in [1.29, 1.82) is 0 Å². The van der Waals surface area contributed by atoms with E-state index < -0.39 is 12.1 Å². The zero-order valence-electron chi connectivity index (χ0n) is 20.7. The Morgan fingerprint density at radius 2 is 2.03 bits per heavy atom. The monoisotopic (exact) mass is 540 g/mol. The minimum Gasteiger partial charge on any atom is -0.497 e. The summed E-state index contributed by atoms with van der Waals surface area (Å²) in [7, 11) is 1.61. The van der Waals surface area contributed by atoms with E-state index in [9.17, 15) is 15.0 Å². The predicted octanol–water partition coefficient (Wildman–Crippen LogP) is 5.83. The molecule has 37 heavy (non-hydrogen) atoms. The minimum atomic E-state index is -0.800. The van der Waals surface area contributed by atoms with Crippen LogP contribution in [0.3, 0.4) is 0 Å². The summed E-state index contributed by atoms with van der Waals surface area (Å²) in [5, 5.41) is 22.4. The number of aromatic nitrogens is 1. The Morgan fingerprint density at radius 1 is 1.19 bits per heavy atom. The Labute approximate surface area is 227 Å². The Bertz CT molecular complexity index is 1320. The van der Waals surface area contributed by atoms with Crippen LogP contribution in [0.25, 0.3) is 10.9 Å². The molecule has 0 saturated carbocycles. The van der Waals surface area contributed by atoms with Crippen molar-refractivity contribution in [2.24, 2.45) is 11.8 Å². The van der Waals surface area contributed by atoms with Gasteiger partial charge in [-0.1, -0.05) is 35.0 Å². The number of likely N-dealkylation sites (tertiary alicyclic amines) is 1. The molecule has 1 aromatic heterocycles. The number of fused-ring (bicyclic) bond motifs is 1. The summed E-state index contributed by atoms with van der Waals surface area (Å²) in [5.74, 6) is 6.41. The third-order valence-electron chi connectivity index (χ3n) is 7.02. The van der Waals surface area contributed by atoms with Gasteiger partial charge >= 0.3 is 5.97 Å². The lowest BCUT2D eigenvalue weighted by molar-refractivity contribution is -0.139. The van der Waals surface area contributed by atoms with Gasteiger partial charge < -0.3 is 14.9 Å². The van der Waals surface area contributed by atoms with Gasteiger partial charge in [-0.2, -0.15) is 0 Å². The number of hydrogen-bond donors (Lipinski definition) is 2. The average molecular weight is 541 g/mol. The van der Waals surface area contributed by atoms with Crippen LogP contribution in [-0.4, -0.2) is 52.8 Å². The molecule has 0 amide bonds. The molecule has 0 aliphatic carbocycles. The zero-order valence-corrected chi connectivity index (χ0v) is 22.2. The maximum Gasteiger partial charge on any atom is 0.303 e. The standard InChI is InChI=1S/C29H30Cl2N2O4/c1-37-22-6-8-27-24(17-22)23(10-12-32-27)28(34)9-5-20-11-14-33(18-21(20)16-29(35)36)13-2-3-19-4-7-25(30)26(31)15-19/h4,6-8,10,12,15,17,20-21,28,34H,5,9,11,13-14,16,18H2,1H3,(H,35,36)/t20-,21+,28-/m1/s1. The van der Waals surface area contributed by atoms with Crippen molar-refractivity contribution in [2.45, 2.75) is 31.8 Å². The molecule has 1 aliphatic rings. The first-order chi connectivity index (χ1) is 17.8. The van der Waals surface area contributed by atoms with Crippen molar-refractivity contribution in [1.82, 2.24) is 9.88 Å². The number of piperidine rings is 1. The van der Waals surface area contributed by atoms with Crippen LogP contribution in [0.1, 0.15) is 42.9 Å². The fourth-order valence-corrected chi connectivity index (χ4v) is 5.35. The molecule has 0 radical (unpaired) electrons. The normalized spacial score (nSPS) is 18.7. The number of nitrogens with zero attached hydrogens (tertiary/aromatic N) is 2. The molecule has 0 spiro atoms. The van der Waals surface area contributed by atoms with Gasteiger partial charge in [-0.25, -0.2) is 0 Å². The molecule has 3 aromatic rings. The second-order valence-corrected chi connectivity index (χ2v) is 10.3. The van der Waals surface area contributed by atoms with Gasteiger partial charge in [0.2, 0.25) is 0 Å². The number of aliphatic carboxylic acids is 1. The lowest BCUT2D eigenvalue weighted by Gasteiger charge is -2.37. The Morgan fingerprint density at radius 3 is 2.78 bits per heavy atom. The van der Waals surface area contributed by atoms with Crippen LogP contribution in [0.4, 0.5) is 0 Å². The number of ether oxygens (including phenoxy) is 1. The molecule has 6 nitrogen and oxygen atoms in total. The first kappa shape index (κ1) is 27.2. The van der Waals surface area contributed by atoms with E-state index in [2.05, 4.69) is 21.7 Å². The van der Waals surface area contributed by atoms with E-state index in [4.69, 9.17) is 27.9 Å². The fourth-order valence-electron chi connectivity index (χ4n) is 5.05. The maximum absolute atomic E-state index is 11.6. The van der Waals surface area contributed by atoms with Gasteiger partial charge in [-0.15, -0.1) is 0 Å². The highest BCUT2D eigenvalue weighted by Gasteiger charge is 2.31. The van der Waals surface area contributed by atoms with Crippen molar-refractivity contribution >= 4 is 40.1 Å². The summed E-state index contributed by atoms with van der Waals surface area (Å²) >= 11 is 12.0. The second kappa shape index (κ2) is 12.6. The van der Waals surface area contributed by atoms with Gasteiger partial charge in [0.25, 0.3) is 0 Å². The molecule has 3 atom stereocenters. The van der Waals surface area contributed by atoms with Gasteiger partial charge in [0.05, 0.1) is 35.3 Å². The fraction of sp³-hybridized carbons (Fsp3) is 0.379. The number of benzene rings is 2. The van der Waals surface area contributed by atoms with E-state index >= 15 is 0 Å². The van der Waals surface area contributed by atoms with E-state index in [1.165, 1.54) is 0 Å². The van der Waals surface area contributed by atoms with Gasteiger partial charge in [0.1, 0.15) is 5.75 Å². The molecule has 0 bridgehead atoms. The summed E-state index contributed by atoms with van der Waals surface area (Å²) in [6, 6.07) is 12.8. The van der Waals surface area contributed by atoms with Crippen LogP contribution < -0.4 is 4.74 Å². The first-order valence-electron chi connectivity index (χ1n) is 12.3. The highest BCUT2D eigenvalue weighted by molar-refractivity contribution is 6.42. The van der Waals surface area contributed by atoms with E-state index in [1.807, 2.05) is 30.3 Å². The molecule has 8 heteroatoms. The van der Waals surface area contributed by atoms with Crippen LogP contribution in [0.2, 0.25) is 10.0 Å². The number of rotatable bonds is 8. The molecule has 1 fully saturated rings. The Balaban J connectivity index is 1.39. The third kappa shape index (κ3) is 7.15. The van der Waals surface area contributed by atoms with Gasteiger partial charge in [-0.3, -0.25) is 14.7 Å². The van der Waals surface area contributed by atoms with Crippen molar-refractivity contribution in [3.63, 3.8) is 0 Å². The van der Waals surface area contributed by atoms with Gasteiger partial charge in [0.15, 0.2) is 0 Å². The number of aliphatic hydroxyl groups excluding tert-OH is 1. The number of carboxylic acid groups (broad SMARTS) is 1. The zero-order chi connectivity index (χ0) is 26.4.